The van der Waals surface area contributed by atoms with E-state index in [-0.39, 0.29) is 0 Å². The van der Waals surface area contributed by atoms with Crippen LogP contribution in [-0.2, 0) is 4.74 Å². The van der Waals surface area contributed by atoms with E-state index in [1.54, 1.807) is 6.20 Å². The van der Waals surface area contributed by atoms with Gasteiger partial charge in [-0.2, -0.15) is 5.10 Å². The summed E-state index contributed by atoms with van der Waals surface area (Å²) in [5.74, 6) is 1.24. The quantitative estimate of drug-likeness (QED) is 0.735. The molecule has 0 aliphatic carbocycles. The molecule has 19 heavy (non-hydrogen) atoms. The van der Waals surface area contributed by atoms with E-state index in [1.807, 2.05) is 10.7 Å². The van der Waals surface area contributed by atoms with Crippen LogP contribution in [0.15, 0.2) is 18.5 Å². The molecule has 0 spiro atoms. The Bertz CT molecular complexity index is 523. The number of aromatic nitrogens is 3. The highest BCUT2D eigenvalue weighted by molar-refractivity contribution is 5.67. The number of nitrogens with one attached hydrogen (secondary N) is 1. The zero-order chi connectivity index (χ0) is 13.7. The largest absolute Gasteiger partial charge is 0.378 e. The standard InChI is InChI=1S/C13H21N5O/c1-10(2)11-9-12-13(15-4-6-18(12)17-11)16-5-8-19-7-3-14/h4,6,9-10H,3,5,7-8,14H2,1-2H3,(H,15,16). The lowest BCUT2D eigenvalue weighted by atomic mass is 10.1. The molecule has 0 amide bonds. The molecule has 2 aromatic rings. The topological polar surface area (TPSA) is 77.5 Å². The Balaban J connectivity index is 2.05. The van der Waals surface area contributed by atoms with Gasteiger partial charge in [0.05, 0.1) is 18.9 Å². The fourth-order valence-electron chi connectivity index (χ4n) is 1.79. The number of rotatable bonds is 7. The molecular weight excluding hydrogens is 242 g/mol. The number of anilines is 1. The first-order valence-corrected chi connectivity index (χ1v) is 6.58. The lowest BCUT2D eigenvalue weighted by Gasteiger charge is -2.06. The second-order valence-corrected chi connectivity index (χ2v) is 4.66. The van der Waals surface area contributed by atoms with E-state index in [4.69, 9.17) is 10.5 Å². The highest BCUT2D eigenvalue weighted by Crippen LogP contribution is 2.19. The van der Waals surface area contributed by atoms with Gasteiger partial charge in [0, 0.05) is 25.5 Å². The van der Waals surface area contributed by atoms with Crippen molar-refractivity contribution in [2.24, 2.45) is 5.73 Å². The van der Waals surface area contributed by atoms with Crippen LogP contribution < -0.4 is 11.1 Å². The molecule has 3 N–H and O–H groups in total. The third kappa shape index (κ3) is 3.42. The monoisotopic (exact) mass is 263 g/mol. The molecule has 0 aliphatic heterocycles. The van der Waals surface area contributed by atoms with E-state index < -0.39 is 0 Å². The molecule has 2 heterocycles. The van der Waals surface area contributed by atoms with E-state index in [0.717, 1.165) is 17.0 Å². The van der Waals surface area contributed by atoms with Gasteiger partial charge in [-0.25, -0.2) is 9.50 Å². The zero-order valence-corrected chi connectivity index (χ0v) is 11.5. The molecule has 0 radical (unpaired) electrons. The summed E-state index contributed by atoms with van der Waals surface area (Å²) in [5.41, 5.74) is 7.41. The Labute approximate surface area is 113 Å². The molecule has 6 nitrogen and oxygen atoms in total. The van der Waals surface area contributed by atoms with Gasteiger partial charge in [0.15, 0.2) is 5.82 Å². The second kappa shape index (κ2) is 6.49. The summed E-state index contributed by atoms with van der Waals surface area (Å²) in [6, 6.07) is 2.07. The summed E-state index contributed by atoms with van der Waals surface area (Å²) in [7, 11) is 0. The van der Waals surface area contributed by atoms with Crippen LogP contribution in [-0.4, -0.2) is 40.9 Å². The van der Waals surface area contributed by atoms with Crippen LogP contribution in [0.2, 0.25) is 0 Å². The van der Waals surface area contributed by atoms with Crippen LogP contribution in [0.3, 0.4) is 0 Å². The third-order valence-corrected chi connectivity index (χ3v) is 2.80. The molecule has 0 saturated carbocycles. The van der Waals surface area contributed by atoms with Gasteiger partial charge < -0.3 is 15.8 Å². The number of nitrogens with zero attached hydrogens (tertiary/aromatic N) is 3. The third-order valence-electron chi connectivity index (χ3n) is 2.80. The summed E-state index contributed by atoms with van der Waals surface area (Å²) < 4.78 is 7.17. The normalized spacial score (nSPS) is 11.4. The SMILES string of the molecule is CC(C)c1cc2c(NCCOCCN)nccn2n1. The van der Waals surface area contributed by atoms with Gasteiger partial charge in [0.25, 0.3) is 0 Å². The smallest absolute Gasteiger partial charge is 0.152 e. The van der Waals surface area contributed by atoms with Gasteiger partial charge >= 0.3 is 0 Å². The minimum absolute atomic E-state index is 0.403. The lowest BCUT2D eigenvalue weighted by Crippen LogP contribution is -2.15. The summed E-state index contributed by atoms with van der Waals surface area (Å²) in [6.45, 7) is 6.71. The summed E-state index contributed by atoms with van der Waals surface area (Å²) >= 11 is 0. The Hall–Kier alpha value is -1.66. The van der Waals surface area contributed by atoms with E-state index >= 15 is 0 Å². The molecule has 0 aromatic carbocycles. The molecule has 0 bridgehead atoms. The summed E-state index contributed by atoms with van der Waals surface area (Å²) in [4.78, 5) is 4.35. The highest BCUT2D eigenvalue weighted by Gasteiger charge is 2.09. The predicted molar refractivity (Wildman–Crippen MR) is 75.4 cm³/mol. The fraction of sp³-hybridized carbons (Fsp3) is 0.538. The van der Waals surface area contributed by atoms with Crippen molar-refractivity contribution >= 4 is 11.3 Å². The summed E-state index contributed by atoms with van der Waals surface area (Å²) in [5, 5.41) is 7.78. The maximum Gasteiger partial charge on any atom is 0.152 e. The number of fused-ring (bicyclic) bond motifs is 1. The Morgan fingerprint density at radius 1 is 1.42 bits per heavy atom. The van der Waals surface area contributed by atoms with Crippen LogP contribution in [0.1, 0.15) is 25.5 Å². The minimum atomic E-state index is 0.403. The Morgan fingerprint density at radius 3 is 3.00 bits per heavy atom. The molecule has 0 atom stereocenters. The van der Waals surface area contributed by atoms with Gasteiger partial charge in [0.2, 0.25) is 0 Å². The van der Waals surface area contributed by atoms with Gasteiger partial charge in [-0.1, -0.05) is 13.8 Å². The van der Waals surface area contributed by atoms with Crippen molar-refractivity contribution in [2.45, 2.75) is 19.8 Å². The highest BCUT2D eigenvalue weighted by atomic mass is 16.5. The average Bonchev–Trinajstić information content (AvgIpc) is 2.83. The van der Waals surface area contributed by atoms with Crippen molar-refractivity contribution < 1.29 is 4.74 Å². The maximum absolute atomic E-state index is 5.36. The van der Waals surface area contributed by atoms with E-state index in [1.165, 1.54) is 0 Å². The van der Waals surface area contributed by atoms with Gasteiger partial charge in [0.1, 0.15) is 5.52 Å². The molecule has 2 rings (SSSR count). The van der Waals surface area contributed by atoms with Crippen molar-refractivity contribution in [3.05, 3.63) is 24.2 Å². The number of nitrogens with two attached hydrogens (primary N) is 1. The first kappa shape index (κ1) is 13.8. The average molecular weight is 263 g/mol. The van der Waals surface area contributed by atoms with E-state index in [0.29, 0.717) is 32.2 Å². The molecule has 0 fully saturated rings. The second-order valence-electron chi connectivity index (χ2n) is 4.66. The van der Waals surface area contributed by atoms with E-state index in [2.05, 4.69) is 35.3 Å². The Kier molecular flexibility index (Phi) is 4.70. The molecule has 104 valence electrons. The first-order valence-electron chi connectivity index (χ1n) is 6.58. The van der Waals surface area contributed by atoms with E-state index in [9.17, 15) is 0 Å². The number of ether oxygens (including phenoxy) is 1. The number of hydrogen-bond acceptors (Lipinski definition) is 5. The lowest BCUT2D eigenvalue weighted by molar-refractivity contribution is 0.151. The summed E-state index contributed by atoms with van der Waals surface area (Å²) in [6.07, 6.45) is 3.60. The molecular formula is C13H21N5O. The van der Waals surface area contributed by atoms with Crippen molar-refractivity contribution in [3.8, 4) is 0 Å². The Morgan fingerprint density at radius 2 is 2.26 bits per heavy atom. The molecule has 2 aromatic heterocycles. The van der Waals surface area contributed by atoms with Crippen molar-refractivity contribution in [1.29, 1.82) is 0 Å². The zero-order valence-electron chi connectivity index (χ0n) is 11.5. The van der Waals surface area contributed by atoms with Crippen molar-refractivity contribution in [2.75, 3.05) is 31.6 Å². The van der Waals surface area contributed by atoms with Crippen LogP contribution in [0.4, 0.5) is 5.82 Å². The van der Waals surface area contributed by atoms with Gasteiger partial charge in [-0.3, -0.25) is 0 Å². The van der Waals surface area contributed by atoms with Crippen molar-refractivity contribution in [3.63, 3.8) is 0 Å². The van der Waals surface area contributed by atoms with Crippen LogP contribution in [0.25, 0.3) is 5.52 Å². The first-order chi connectivity index (χ1) is 9.22. The number of hydrogen-bond donors (Lipinski definition) is 2. The van der Waals surface area contributed by atoms with Gasteiger partial charge in [-0.05, 0) is 12.0 Å². The molecule has 0 unspecified atom stereocenters. The molecule has 0 aliphatic rings. The van der Waals surface area contributed by atoms with Crippen LogP contribution in [0.5, 0.6) is 0 Å². The minimum Gasteiger partial charge on any atom is -0.378 e. The van der Waals surface area contributed by atoms with Crippen molar-refractivity contribution in [1.82, 2.24) is 14.6 Å². The van der Waals surface area contributed by atoms with Gasteiger partial charge in [-0.15, -0.1) is 0 Å². The predicted octanol–water partition coefficient (Wildman–Crippen LogP) is 1.24. The van der Waals surface area contributed by atoms with Crippen LogP contribution >= 0.6 is 0 Å². The maximum atomic E-state index is 5.36. The van der Waals surface area contributed by atoms with Crippen LogP contribution in [0, 0.1) is 0 Å². The fourth-order valence-corrected chi connectivity index (χ4v) is 1.79. The molecule has 0 saturated heterocycles. The molecule has 6 heteroatoms.